The number of nitrogens with zero attached hydrogens (tertiary/aromatic N) is 3. The molecule has 0 aliphatic rings. The molecule has 0 amide bonds. The molecule has 1 heterocycles. The summed E-state index contributed by atoms with van der Waals surface area (Å²) in [5, 5.41) is 16.9. The van der Waals surface area contributed by atoms with Crippen molar-refractivity contribution in [3.8, 4) is 11.8 Å². The molecule has 5 nitrogen and oxygen atoms in total. The van der Waals surface area contributed by atoms with E-state index in [0.29, 0.717) is 17.2 Å². The van der Waals surface area contributed by atoms with Crippen LogP contribution >= 0.6 is 0 Å². The van der Waals surface area contributed by atoms with E-state index in [0.717, 1.165) is 11.4 Å². The number of hydrogen-bond acceptors (Lipinski definition) is 4. The van der Waals surface area contributed by atoms with E-state index in [2.05, 4.69) is 16.5 Å². The first-order chi connectivity index (χ1) is 10.7. The van der Waals surface area contributed by atoms with Gasteiger partial charge in [0.05, 0.1) is 5.69 Å². The van der Waals surface area contributed by atoms with E-state index in [1.165, 1.54) is 5.56 Å². The van der Waals surface area contributed by atoms with Gasteiger partial charge in [-0.05, 0) is 31.2 Å². The Morgan fingerprint density at radius 2 is 1.77 bits per heavy atom. The number of nitrogen functional groups attached to an aromatic ring is 1. The van der Waals surface area contributed by atoms with Crippen LogP contribution in [0.1, 0.15) is 11.1 Å². The monoisotopic (exact) mass is 289 g/mol. The standard InChI is InChI=1S/C17H15N5/c1-12-7-9-13(10-8-12)20-17-15(11-18)16(19)22(21-17)14-5-3-2-4-6-14/h2-10H,19H2,1H3,(H,20,21). The summed E-state index contributed by atoms with van der Waals surface area (Å²) in [7, 11) is 0. The third kappa shape index (κ3) is 2.50. The predicted molar refractivity (Wildman–Crippen MR) is 87.2 cm³/mol. The van der Waals surface area contributed by atoms with E-state index in [1.54, 1.807) is 4.68 Å². The van der Waals surface area contributed by atoms with E-state index in [9.17, 15) is 5.26 Å². The zero-order valence-electron chi connectivity index (χ0n) is 12.1. The van der Waals surface area contributed by atoms with Crippen LogP contribution in [0.15, 0.2) is 54.6 Å². The highest BCUT2D eigenvalue weighted by Crippen LogP contribution is 2.26. The third-order valence-corrected chi connectivity index (χ3v) is 3.35. The van der Waals surface area contributed by atoms with Gasteiger partial charge in [0, 0.05) is 5.69 Å². The van der Waals surface area contributed by atoms with Crippen molar-refractivity contribution in [2.45, 2.75) is 6.92 Å². The Bertz CT molecular complexity index is 826. The number of hydrogen-bond donors (Lipinski definition) is 2. The molecule has 0 aliphatic heterocycles. The van der Waals surface area contributed by atoms with Crippen molar-refractivity contribution in [3.05, 3.63) is 65.7 Å². The van der Waals surface area contributed by atoms with Gasteiger partial charge >= 0.3 is 0 Å². The summed E-state index contributed by atoms with van der Waals surface area (Å²) in [6.45, 7) is 2.02. The Balaban J connectivity index is 2.02. The average molecular weight is 289 g/mol. The minimum atomic E-state index is 0.323. The van der Waals surface area contributed by atoms with Crippen molar-refractivity contribution in [2.75, 3.05) is 11.1 Å². The second-order valence-corrected chi connectivity index (χ2v) is 4.96. The first kappa shape index (κ1) is 13.7. The number of rotatable bonds is 3. The number of benzene rings is 2. The van der Waals surface area contributed by atoms with Gasteiger partial charge in [0.15, 0.2) is 5.82 Å². The van der Waals surface area contributed by atoms with Crippen molar-refractivity contribution < 1.29 is 0 Å². The van der Waals surface area contributed by atoms with Gasteiger partial charge < -0.3 is 11.1 Å². The lowest BCUT2D eigenvalue weighted by Crippen LogP contribution is -2.02. The number of aryl methyl sites for hydroxylation is 1. The van der Waals surface area contributed by atoms with Crippen molar-refractivity contribution in [1.82, 2.24) is 9.78 Å². The number of para-hydroxylation sites is 1. The van der Waals surface area contributed by atoms with Crippen molar-refractivity contribution in [1.29, 1.82) is 5.26 Å². The molecule has 108 valence electrons. The molecule has 5 heteroatoms. The maximum Gasteiger partial charge on any atom is 0.173 e. The molecule has 3 aromatic rings. The molecule has 0 radical (unpaired) electrons. The Morgan fingerprint density at radius 3 is 2.41 bits per heavy atom. The molecule has 3 rings (SSSR count). The molecule has 0 bridgehead atoms. The summed E-state index contributed by atoms with van der Waals surface area (Å²) < 4.78 is 1.56. The van der Waals surface area contributed by atoms with Crippen molar-refractivity contribution in [2.24, 2.45) is 0 Å². The molecule has 3 N–H and O–H groups in total. The molecule has 0 spiro atoms. The molecule has 0 atom stereocenters. The predicted octanol–water partition coefficient (Wildman–Crippen LogP) is 3.38. The lowest BCUT2D eigenvalue weighted by atomic mass is 10.2. The summed E-state index contributed by atoms with van der Waals surface area (Å²) >= 11 is 0. The van der Waals surface area contributed by atoms with E-state index in [-0.39, 0.29) is 0 Å². The van der Waals surface area contributed by atoms with Crippen LogP contribution in [0.5, 0.6) is 0 Å². The molecular formula is C17H15N5. The van der Waals surface area contributed by atoms with E-state index >= 15 is 0 Å². The summed E-state index contributed by atoms with van der Waals surface area (Å²) in [5.74, 6) is 0.774. The highest BCUT2D eigenvalue weighted by atomic mass is 15.3. The molecule has 0 aliphatic carbocycles. The van der Waals surface area contributed by atoms with Crippen LogP contribution in [-0.2, 0) is 0 Å². The molecule has 2 aromatic carbocycles. The summed E-state index contributed by atoms with van der Waals surface area (Å²) in [6, 6.07) is 19.5. The normalized spacial score (nSPS) is 10.2. The highest BCUT2D eigenvalue weighted by molar-refractivity contribution is 5.70. The van der Waals surface area contributed by atoms with Gasteiger partial charge in [-0.25, -0.2) is 4.68 Å². The van der Waals surface area contributed by atoms with E-state index in [1.807, 2.05) is 61.5 Å². The number of nitriles is 1. The summed E-state index contributed by atoms with van der Waals surface area (Å²) in [5.41, 5.74) is 9.24. The zero-order valence-corrected chi connectivity index (χ0v) is 12.1. The zero-order chi connectivity index (χ0) is 15.5. The van der Waals surface area contributed by atoms with Gasteiger partial charge in [0.2, 0.25) is 0 Å². The minimum absolute atomic E-state index is 0.323. The Morgan fingerprint density at radius 1 is 1.09 bits per heavy atom. The first-order valence-corrected chi connectivity index (χ1v) is 6.87. The van der Waals surface area contributed by atoms with E-state index < -0.39 is 0 Å². The molecule has 1 aromatic heterocycles. The largest absolute Gasteiger partial charge is 0.382 e. The highest BCUT2D eigenvalue weighted by Gasteiger charge is 2.16. The molecule has 0 unspecified atom stereocenters. The number of nitrogens with one attached hydrogen (secondary N) is 1. The second-order valence-electron chi connectivity index (χ2n) is 4.96. The Hall–Kier alpha value is -3.26. The number of anilines is 3. The van der Waals surface area contributed by atoms with Crippen molar-refractivity contribution >= 4 is 17.3 Å². The minimum Gasteiger partial charge on any atom is -0.382 e. The van der Waals surface area contributed by atoms with Gasteiger partial charge in [0.1, 0.15) is 17.5 Å². The quantitative estimate of drug-likeness (QED) is 0.774. The second kappa shape index (κ2) is 5.62. The first-order valence-electron chi connectivity index (χ1n) is 6.87. The van der Waals surface area contributed by atoms with Crippen LogP contribution in [0.3, 0.4) is 0 Å². The van der Waals surface area contributed by atoms with Gasteiger partial charge in [-0.15, -0.1) is 5.10 Å². The lowest BCUT2D eigenvalue weighted by molar-refractivity contribution is 0.895. The number of aromatic nitrogens is 2. The molecule has 22 heavy (non-hydrogen) atoms. The summed E-state index contributed by atoms with van der Waals surface area (Å²) in [4.78, 5) is 0. The fraction of sp³-hybridized carbons (Fsp3) is 0.0588. The van der Waals surface area contributed by atoms with Crippen LogP contribution in [0.4, 0.5) is 17.3 Å². The molecular weight excluding hydrogens is 274 g/mol. The lowest BCUT2D eigenvalue weighted by Gasteiger charge is -2.04. The van der Waals surface area contributed by atoms with Crippen LogP contribution in [0.2, 0.25) is 0 Å². The Labute approximate surface area is 128 Å². The fourth-order valence-corrected chi connectivity index (χ4v) is 2.17. The van der Waals surface area contributed by atoms with Gasteiger partial charge in [-0.3, -0.25) is 0 Å². The van der Waals surface area contributed by atoms with Crippen LogP contribution in [0, 0.1) is 18.3 Å². The third-order valence-electron chi connectivity index (χ3n) is 3.35. The average Bonchev–Trinajstić information content (AvgIpc) is 2.86. The summed E-state index contributed by atoms with van der Waals surface area (Å²) in [6.07, 6.45) is 0. The molecule has 0 fully saturated rings. The maximum atomic E-state index is 9.36. The van der Waals surface area contributed by atoms with Gasteiger partial charge in [-0.1, -0.05) is 35.9 Å². The van der Waals surface area contributed by atoms with Crippen molar-refractivity contribution in [3.63, 3.8) is 0 Å². The smallest absolute Gasteiger partial charge is 0.173 e. The van der Waals surface area contributed by atoms with Crippen LogP contribution in [-0.4, -0.2) is 9.78 Å². The molecule has 0 saturated carbocycles. The topological polar surface area (TPSA) is 79.7 Å². The van der Waals surface area contributed by atoms with E-state index in [4.69, 9.17) is 5.73 Å². The fourth-order valence-electron chi connectivity index (χ4n) is 2.17. The van der Waals surface area contributed by atoms with Gasteiger partial charge in [-0.2, -0.15) is 5.26 Å². The number of nitrogens with two attached hydrogens (primary N) is 1. The Kier molecular flexibility index (Phi) is 3.50. The van der Waals surface area contributed by atoms with Gasteiger partial charge in [0.25, 0.3) is 0 Å². The van der Waals surface area contributed by atoms with Crippen LogP contribution < -0.4 is 11.1 Å². The SMILES string of the molecule is Cc1ccc(Nc2nn(-c3ccccc3)c(N)c2C#N)cc1. The van der Waals surface area contributed by atoms with Crippen LogP contribution in [0.25, 0.3) is 5.69 Å². The molecule has 0 saturated heterocycles. The maximum absolute atomic E-state index is 9.36.